The largest absolute Gasteiger partial charge is 0.465 e. The van der Waals surface area contributed by atoms with Crippen molar-refractivity contribution in [2.45, 2.75) is 70.1 Å². The van der Waals surface area contributed by atoms with Gasteiger partial charge in [0, 0.05) is 13.2 Å². The summed E-state index contributed by atoms with van der Waals surface area (Å²) in [4.78, 5) is 24.7. The van der Waals surface area contributed by atoms with Gasteiger partial charge in [0.15, 0.2) is 17.0 Å². The Bertz CT molecular complexity index is 1250. The first-order valence-corrected chi connectivity index (χ1v) is 14.2. The molecule has 2 heterocycles. The molecule has 1 fully saturated rings. The number of hydrogen-bond acceptors (Lipinski definition) is 11. The van der Waals surface area contributed by atoms with Crippen molar-refractivity contribution in [2.75, 3.05) is 31.4 Å². The molecule has 0 amide bonds. The van der Waals surface area contributed by atoms with Gasteiger partial charge < -0.3 is 30.2 Å². The molecule has 0 radical (unpaired) electrons. The van der Waals surface area contributed by atoms with E-state index in [1.165, 1.54) is 7.11 Å². The van der Waals surface area contributed by atoms with E-state index in [9.17, 15) is 14.5 Å². The second-order valence-corrected chi connectivity index (χ2v) is 11.3. The number of aliphatic hydroxyl groups is 1. The van der Waals surface area contributed by atoms with Gasteiger partial charge >= 0.3 is 13.6 Å². The molecular weight excluding hydrogens is 534 g/mol. The lowest BCUT2D eigenvalue weighted by Gasteiger charge is -2.32. The van der Waals surface area contributed by atoms with Crippen LogP contribution in [-0.4, -0.2) is 75.2 Å². The van der Waals surface area contributed by atoms with Crippen LogP contribution in [0.1, 0.15) is 40.0 Å². The molecule has 1 aliphatic rings. The molecular formula is C23H36FN8O6P. The molecule has 0 spiro atoms. The van der Waals surface area contributed by atoms with Gasteiger partial charge in [-0.05, 0) is 38.0 Å². The van der Waals surface area contributed by atoms with Crippen molar-refractivity contribution in [1.82, 2.24) is 24.6 Å². The Morgan fingerprint density at radius 2 is 2.13 bits per heavy atom. The molecule has 0 aromatic carbocycles. The standard InChI is InChI=1S/C23H36FN8O6P/c1-6-23(24,32-12-27-17-19(28-14-8-9-14)29-22(25)30-20(17)32)18(33)16(36-5)11-38-39(26,35)31-15(10-13(3)4)21(34)37-7-2/h1,12-16,18,33H,7-11H2,2-5H3,(H3,26,31,35)(H3,25,28,29,30). The Kier molecular flexibility index (Phi) is 9.87. The van der Waals surface area contributed by atoms with Crippen molar-refractivity contribution >= 4 is 36.6 Å². The van der Waals surface area contributed by atoms with Crippen LogP contribution in [0.25, 0.3) is 11.2 Å². The minimum absolute atomic E-state index is 0.0334. The predicted octanol–water partition coefficient (Wildman–Crippen LogP) is 1.27. The number of nitrogen functional groups attached to an aromatic ring is 1. The van der Waals surface area contributed by atoms with E-state index in [1.807, 2.05) is 19.8 Å². The summed E-state index contributed by atoms with van der Waals surface area (Å²) in [5.41, 5.74) is 11.8. The van der Waals surface area contributed by atoms with E-state index >= 15 is 4.39 Å². The molecule has 5 atom stereocenters. The molecule has 0 saturated heterocycles. The number of anilines is 2. The molecule has 3 rings (SSSR count). The molecule has 39 heavy (non-hydrogen) atoms. The summed E-state index contributed by atoms with van der Waals surface area (Å²) in [7, 11) is -2.98. The van der Waals surface area contributed by atoms with Crippen molar-refractivity contribution in [3.05, 3.63) is 6.33 Å². The summed E-state index contributed by atoms with van der Waals surface area (Å²) < 4.78 is 45.7. The monoisotopic (exact) mass is 570 g/mol. The number of ether oxygens (including phenoxy) is 2. The number of nitrogens with zero attached hydrogens (tertiary/aromatic N) is 4. The lowest BCUT2D eigenvalue weighted by Crippen LogP contribution is -2.49. The summed E-state index contributed by atoms with van der Waals surface area (Å²) in [6.45, 7) is 4.82. The highest BCUT2D eigenvalue weighted by molar-refractivity contribution is 7.54. The number of methoxy groups -OCH3 is 1. The molecule has 1 aliphatic carbocycles. The second kappa shape index (κ2) is 12.5. The van der Waals surface area contributed by atoms with Crippen molar-refractivity contribution in [2.24, 2.45) is 11.4 Å². The molecule has 14 nitrogen and oxygen atoms in total. The number of imidazole rings is 1. The minimum atomic E-state index is -4.15. The maximum Gasteiger partial charge on any atom is 0.338 e. The van der Waals surface area contributed by atoms with Crippen LogP contribution < -0.4 is 21.6 Å². The fourth-order valence-corrected chi connectivity index (χ4v) is 4.95. The van der Waals surface area contributed by atoms with Crippen molar-refractivity contribution in [3.63, 3.8) is 0 Å². The van der Waals surface area contributed by atoms with Crippen LogP contribution in [0.2, 0.25) is 0 Å². The average molecular weight is 571 g/mol. The fourth-order valence-electron chi connectivity index (χ4n) is 3.86. The van der Waals surface area contributed by atoms with Crippen molar-refractivity contribution < 1.29 is 32.9 Å². The van der Waals surface area contributed by atoms with Crippen LogP contribution in [0.5, 0.6) is 0 Å². The van der Waals surface area contributed by atoms with Gasteiger partial charge in [0.05, 0.1) is 13.2 Å². The number of fused-ring (bicyclic) bond motifs is 1. The maximum absolute atomic E-state index is 16.4. The van der Waals surface area contributed by atoms with E-state index in [-0.39, 0.29) is 42.1 Å². The first-order chi connectivity index (χ1) is 18.3. The number of alkyl halides is 1. The van der Waals surface area contributed by atoms with E-state index < -0.39 is 44.3 Å². The molecule has 1 saturated carbocycles. The maximum atomic E-state index is 16.4. The molecule has 2 aromatic heterocycles. The van der Waals surface area contributed by atoms with Gasteiger partial charge in [0.2, 0.25) is 5.95 Å². The van der Waals surface area contributed by atoms with Crippen LogP contribution >= 0.6 is 7.67 Å². The van der Waals surface area contributed by atoms with Gasteiger partial charge in [-0.3, -0.25) is 13.9 Å². The zero-order chi connectivity index (χ0) is 29.0. The Labute approximate surface area is 225 Å². The van der Waals surface area contributed by atoms with Crippen LogP contribution in [0.15, 0.2) is 6.33 Å². The third kappa shape index (κ3) is 7.42. The quantitative estimate of drug-likeness (QED) is 0.116. The number of rotatable bonds is 15. The van der Waals surface area contributed by atoms with E-state index in [0.29, 0.717) is 5.82 Å². The summed E-state index contributed by atoms with van der Waals surface area (Å²) >= 11 is 0. The van der Waals surface area contributed by atoms with Crippen LogP contribution in [0.4, 0.5) is 16.2 Å². The second-order valence-electron chi connectivity index (χ2n) is 9.63. The number of aliphatic hydroxyl groups excluding tert-OH is 1. The van der Waals surface area contributed by atoms with Crippen LogP contribution in [-0.2, 0) is 29.1 Å². The molecule has 216 valence electrons. The summed E-state index contributed by atoms with van der Waals surface area (Å²) in [6, 6.07) is -0.820. The number of terminal acetylenes is 1. The Hall–Kier alpha value is -2.86. The Morgan fingerprint density at radius 1 is 1.44 bits per heavy atom. The van der Waals surface area contributed by atoms with E-state index in [2.05, 4.69) is 25.4 Å². The molecule has 2 aromatic rings. The Balaban J connectivity index is 1.81. The summed E-state index contributed by atoms with van der Waals surface area (Å²) in [5.74, 6) is -1.48. The molecule has 0 aliphatic heterocycles. The normalized spacial score (nSPS) is 19.1. The number of nitrogens with one attached hydrogen (secondary N) is 2. The number of halogens is 1. The number of aromatic nitrogens is 4. The molecule has 7 N–H and O–H groups in total. The summed E-state index contributed by atoms with van der Waals surface area (Å²) in [6.07, 6.45) is 5.22. The van der Waals surface area contributed by atoms with Gasteiger partial charge in [-0.2, -0.15) is 9.97 Å². The van der Waals surface area contributed by atoms with Gasteiger partial charge in [-0.15, -0.1) is 6.42 Å². The van der Waals surface area contributed by atoms with E-state index in [1.54, 1.807) is 6.92 Å². The topological polar surface area (TPSA) is 202 Å². The number of carbonyl (C=O) groups is 1. The van der Waals surface area contributed by atoms with Gasteiger partial charge in [-0.1, -0.05) is 13.8 Å². The average Bonchev–Trinajstić information content (AvgIpc) is 3.58. The Morgan fingerprint density at radius 3 is 2.69 bits per heavy atom. The fraction of sp³-hybridized carbons (Fsp3) is 0.652. The minimum Gasteiger partial charge on any atom is -0.465 e. The lowest BCUT2D eigenvalue weighted by molar-refractivity contribution is -0.145. The van der Waals surface area contributed by atoms with Crippen molar-refractivity contribution in [3.8, 4) is 12.3 Å². The highest BCUT2D eigenvalue weighted by Gasteiger charge is 2.46. The SMILES string of the molecule is C#CC(F)(C(O)C(COP(N)(=O)NC(CC(C)C)C(=O)OCC)OC)n1cnc2c(NC3CC3)nc(N)nc21. The lowest BCUT2D eigenvalue weighted by atomic mass is 10.0. The summed E-state index contributed by atoms with van der Waals surface area (Å²) in [5, 5.41) is 16.7. The van der Waals surface area contributed by atoms with E-state index in [0.717, 1.165) is 23.7 Å². The van der Waals surface area contributed by atoms with Crippen LogP contribution in [0.3, 0.4) is 0 Å². The highest BCUT2D eigenvalue weighted by atomic mass is 31.2. The van der Waals surface area contributed by atoms with Gasteiger partial charge in [-0.25, -0.2) is 20.0 Å². The molecule has 5 unspecified atom stereocenters. The third-order valence-electron chi connectivity index (χ3n) is 5.98. The number of carbonyl (C=O) groups excluding carboxylic acids is 1. The highest BCUT2D eigenvalue weighted by Crippen LogP contribution is 2.37. The van der Waals surface area contributed by atoms with E-state index in [4.69, 9.17) is 31.7 Å². The third-order valence-corrected chi connectivity index (χ3v) is 7.18. The first-order valence-electron chi connectivity index (χ1n) is 12.5. The zero-order valence-corrected chi connectivity index (χ0v) is 23.2. The predicted molar refractivity (Wildman–Crippen MR) is 142 cm³/mol. The van der Waals surface area contributed by atoms with Gasteiger partial charge in [0.1, 0.15) is 24.6 Å². The molecule has 0 bridgehead atoms. The van der Waals surface area contributed by atoms with Gasteiger partial charge in [0.25, 0.3) is 5.79 Å². The zero-order valence-electron chi connectivity index (χ0n) is 22.3. The number of esters is 1. The number of hydrogen-bond donors (Lipinski definition) is 5. The van der Waals surface area contributed by atoms with Crippen LogP contribution in [0, 0.1) is 18.3 Å². The smallest absolute Gasteiger partial charge is 0.338 e. The molecule has 16 heteroatoms. The number of nitrogens with two attached hydrogens (primary N) is 2. The van der Waals surface area contributed by atoms with Crippen molar-refractivity contribution in [1.29, 1.82) is 0 Å². The first kappa shape index (κ1) is 30.7.